The van der Waals surface area contributed by atoms with E-state index in [0.29, 0.717) is 4.99 Å². The zero-order chi connectivity index (χ0) is 13.1. The van der Waals surface area contributed by atoms with Gasteiger partial charge in [-0.25, -0.2) is 0 Å². The molecule has 0 amide bonds. The molecule has 1 fully saturated rings. The molecule has 0 aliphatic carbocycles. The number of hydrogen-bond donors (Lipinski definition) is 1. The molecule has 1 aromatic carbocycles. The highest BCUT2D eigenvalue weighted by atomic mass is 32.1. The molecule has 1 atom stereocenters. The highest BCUT2D eigenvalue weighted by Gasteiger charge is 2.20. The Morgan fingerprint density at radius 2 is 2.33 bits per heavy atom. The number of methoxy groups -OCH3 is 1. The average molecular weight is 264 g/mol. The molecule has 0 aromatic heterocycles. The van der Waals surface area contributed by atoms with E-state index in [1.807, 2.05) is 18.2 Å². The zero-order valence-electron chi connectivity index (χ0n) is 11.0. The van der Waals surface area contributed by atoms with E-state index in [9.17, 15) is 0 Å². The predicted molar refractivity (Wildman–Crippen MR) is 77.9 cm³/mol. The quantitative estimate of drug-likeness (QED) is 0.846. The van der Waals surface area contributed by atoms with Crippen LogP contribution in [0.2, 0.25) is 0 Å². The van der Waals surface area contributed by atoms with Gasteiger partial charge in [0.1, 0.15) is 10.7 Å². The lowest BCUT2D eigenvalue weighted by molar-refractivity contribution is 0.311. The first-order chi connectivity index (χ1) is 8.60. The molecular weight excluding hydrogens is 244 g/mol. The van der Waals surface area contributed by atoms with Crippen LogP contribution in [0.1, 0.15) is 24.5 Å². The topological polar surface area (TPSA) is 38.5 Å². The van der Waals surface area contributed by atoms with Gasteiger partial charge in [0.05, 0.1) is 7.11 Å². The van der Waals surface area contributed by atoms with Crippen molar-refractivity contribution in [1.82, 2.24) is 4.90 Å². The molecule has 1 heterocycles. The number of ether oxygens (including phenoxy) is 1. The lowest BCUT2D eigenvalue weighted by Gasteiger charge is -2.18. The van der Waals surface area contributed by atoms with Crippen molar-refractivity contribution in [2.24, 2.45) is 11.7 Å². The Balaban J connectivity index is 2.18. The van der Waals surface area contributed by atoms with Gasteiger partial charge in [0, 0.05) is 24.2 Å². The molecule has 98 valence electrons. The fourth-order valence-electron chi connectivity index (χ4n) is 2.47. The summed E-state index contributed by atoms with van der Waals surface area (Å²) in [5.41, 5.74) is 7.76. The van der Waals surface area contributed by atoms with Crippen LogP contribution in [0, 0.1) is 5.92 Å². The maximum atomic E-state index is 5.68. The summed E-state index contributed by atoms with van der Waals surface area (Å²) in [4.78, 5) is 2.89. The van der Waals surface area contributed by atoms with E-state index in [0.717, 1.165) is 42.4 Å². The smallest absolute Gasteiger partial charge is 0.123 e. The van der Waals surface area contributed by atoms with E-state index in [-0.39, 0.29) is 0 Å². The zero-order valence-corrected chi connectivity index (χ0v) is 11.8. The lowest BCUT2D eigenvalue weighted by atomic mass is 10.1. The minimum Gasteiger partial charge on any atom is -0.496 e. The van der Waals surface area contributed by atoms with Gasteiger partial charge < -0.3 is 10.5 Å². The third-order valence-electron chi connectivity index (χ3n) is 3.47. The normalized spacial score (nSPS) is 20.0. The Morgan fingerprint density at radius 3 is 2.89 bits per heavy atom. The molecule has 0 spiro atoms. The molecule has 0 bridgehead atoms. The molecule has 18 heavy (non-hydrogen) atoms. The average Bonchev–Trinajstić information content (AvgIpc) is 2.74. The van der Waals surface area contributed by atoms with E-state index in [4.69, 9.17) is 22.7 Å². The Kier molecular flexibility index (Phi) is 4.19. The molecule has 3 nitrogen and oxygen atoms in total. The standard InChI is InChI=1S/C14H20N2OS/c1-10-5-6-16(8-10)9-12-7-11(14(15)18)3-4-13(12)17-2/h3-4,7,10H,5-6,8-9H2,1-2H3,(H2,15,18). The van der Waals surface area contributed by atoms with Gasteiger partial charge in [0.25, 0.3) is 0 Å². The van der Waals surface area contributed by atoms with Crippen LogP contribution in [0.15, 0.2) is 18.2 Å². The van der Waals surface area contributed by atoms with Gasteiger partial charge in [-0.05, 0) is 37.1 Å². The summed E-state index contributed by atoms with van der Waals surface area (Å²) in [6.07, 6.45) is 1.28. The molecule has 4 heteroatoms. The second-order valence-corrected chi connectivity index (χ2v) is 5.46. The maximum absolute atomic E-state index is 5.68. The molecule has 1 aliphatic heterocycles. The minimum absolute atomic E-state index is 0.439. The highest BCUT2D eigenvalue weighted by Crippen LogP contribution is 2.24. The van der Waals surface area contributed by atoms with E-state index in [1.165, 1.54) is 6.42 Å². The summed E-state index contributed by atoms with van der Waals surface area (Å²) in [5.74, 6) is 1.70. The van der Waals surface area contributed by atoms with E-state index in [1.54, 1.807) is 7.11 Å². The summed E-state index contributed by atoms with van der Waals surface area (Å²) in [6.45, 7) is 5.51. The highest BCUT2D eigenvalue weighted by molar-refractivity contribution is 7.80. The van der Waals surface area contributed by atoms with Crippen molar-refractivity contribution in [2.75, 3.05) is 20.2 Å². The van der Waals surface area contributed by atoms with Crippen molar-refractivity contribution in [3.8, 4) is 5.75 Å². The molecule has 1 aromatic rings. The number of thiocarbonyl (C=S) groups is 1. The third kappa shape index (κ3) is 3.00. The van der Waals surface area contributed by atoms with E-state index < -0.39 is 0 Å². The van der Waals surface area contributed by atoms with Crippen LogP contribution in [-0.2, 0) is 6.54 Å². The summed E-state index contributed by atoms with van der Waals surface area (Å²) < 4.78 is 5.41. The van der Waals surface area contributed by atoms with Gasteiger partial charge in [-0.2, -0.15) is 0 Å². The fraction of sp³-hybridized carbons (Fsp3) is 0.500. The molecule has 0 radical (unpaired) electrons. The first-order valence-corrected chi connectivity index (χ1v) is 6.70. The Hall–Kier alpha value is -1.13. The van der Waals surface area contributed by atoms with Crippen molar-refractivity contribution >= 4 is 17.2 Å². The number of likely N-dealkylation sites (tertiary alicyclic amines) is 1. The number of nitrogens with two attached hydrogens (primary N) is 1. The van der Waals surface area contributed by atoms with Crippen molar-refractivity contribution < 1.29 is 4.74 Å². The van der Waals surface area contributed by atoms with Crippen LogP contribution in [0.3, 0.4) is 0 Å². The minimum atomic E-state index is 0.439. The van der Waals surface area contributed by atoms with Gasteiger partial charge >= 0.3 is 0 Å². The van der Waals surface area contributed by atoms with Gasteiger partial charge in [0.15, 0.2) is 0 Å². The van der Waals surface area contributed by atoms with Gasteiger partial charge in [0.2, 0.25) is 0 Å². The van der Waals surface area contributed by atoms with Crippen LogP contribution in [-0.4, -0.2) is 30.1 Å². The molecule has 1 unspecified atom stereocenters. The maximum Gasteiger partial charge on any atom is 0.123 e. The van der Waals surface area contributed by atoms with Crippen LogP contribution < -0.4 is 10.5 Å². The summed E-state index contributed by atoms with van der Waals surface area (Å²) in [6, 6.07) is 5.91. The van der Waals surface area contributed by atoms with Crippen molar-refractivity contribution in [2.45, 2.75) is 19.9 Å². The van der Waals surface area contributed by atoms with E-state index in [2.05, 4.69) is 11.8 Å². The Bertz CT molecular complexity index is 447. The largest absolute Gasteiger partial charge is 0.496 e. The second-order valence-electron chi connectivity index (χ2n) is 5.02. The number of rotatable bonds is 4. The van der Waals surface area contributed by atoms with E-state index >= 15 is 0 Å². The van der Waals surface area contributed by atoms with Crippen LogP contribution in [0.25, 0.3) is 0 Å². The van der Waals surface area contributed by atoms with Crippen LogP contribution in [0.4, 0.5) is 0 Å². The summed E-state index contributed by atoms with van der Waals surface area (Å²) in [7, 11) is 1.70. The second kappa shape index (κ2) is 5.67. The first-order valence-electron chi connectivity index (χ1n) is 6.29. The van der Waals surface area contributed by atoms with Gasteiger partial charge in [-0.1, -0.05) is 19.1 Å². The molecule has 2 N–H and O–H groups in total. The molecule has 0 saturated carbocycles. The molecule has 2 rings (SSSR count). The molecule has 1 saturated heterocycles. The summed E-state index contributed by atoms with van der Waals surface area (Å²) >= 11 is 5.03. The Morgan fingerprint density at radius 1 is 1.56 bits per heavy atom. The molecular formula is C14H20N2OS. The predicted octanol–water partition coefficient (Wildman–Crippen LogP) is 2.17. The monoisotopic (exact) mass is 264 g/mol. The van der Waals surface area contributed by atoms with Crippen LogP contribution in [0.5, 0.6) is 5.75 Å². The van der Waals surface area contributed by atoms with Crippen molar-refractivity contribution in [3.05, 3.63) is 29.3 Å². The number of hydrogen-bond acceptors (Lipinski definition) is 3. The third-order valence-corrected chi connectivity index (χ3v) is 3.70. The van der Waals surface area contributed by atoms with Crippen molar-refractivity contribution in [1.29, 1.82) is 0 Å². The van der Waals surface area contributed by atoms with Crippen molar-refractivity contribution in [3.63, 3.8) is 0 Å². The summed E-state index contributed by atoms with van der Waals surface area (Å²) in [5, 5.41) is 0. The number of benzene rings is 1. The first kappa shape index (κ1) is 13.3. The SMILES string of the molecule is COc1ccc(C(N)=S)cc1CN1CCC(C)C1. The fourth-order valence-corrected chi connectivity index (χ4v) is 2.59. The number of nitrogens with zero attached hydrogens (tertiary/aromatic N) is 1. The Labute approximate surface area is 114 Å². The molecule has 1 aliphatic rings. The van der Waals surface area contributed by atoms with Crippen LogP contribution >= 0.6 is 12.2 Å². The van der Waals surface area contributed by atoms with Gasteiger partial charge in [-0.3, -0.25) is 4.90 Å². The lowest BCUT2D eigenvalue weighted by Crippen LogP contribution is -2.20. The van der Waals surface area contributed by atoms with Gasteiger partial charge in [-0.15, -0.1) is 0 Å².